The lowest BCUT2D eigenvalue weighted by molar-refractivity contribution is 0.331. The molecule has 0 radical (unpaired) electrons. The van der Waals surface area contributed by atoms with Gasteiger partial charge in [0.05, 0.1) is 0 Å². The molecule has 0 aliphatic carbocycles. The fraction of sp³-hybridized carbons (Fsp3) is 1.00. The Morgan fingerprint density at radius 2 is 1.74 bits per heavy atom. The smallest absolute Gasteiger partial charge is 0.227 e. The summed E-state index contributed by atoms with van der Waals surface area (Å²) in [6, 6.07) is 0. The maximum Gasteiger partial charge on any atom is 0.227 e. The van der Waals surface area contributed by atoms with Crippen LogP contribution in [-0.2, 0) is 0 Å². The van der Waals surface area contributed by atoms with Gasteiger partial charge in [-0.2, -0.15) is 0 Å². The Bertz CT molecular complexity index is 263. The lowest BCUT2D eigenvalue weighted by Crippen LogP contribution is -2.52. The molecule has 19 heavy (non-hydrogen) atoms. The van der Waals surface area contributed by atoms with Crippen molar-refractivity contribution in [2.24, 2.45) is 0 Å². The van der Waals surface area contributed by atoms with E-state index in [4.69, 9.17) is 0 Å². The second-order valence-electron chi connectivity index (χ2n) is 6.56. The van der Waals surface area contributed by atoms with Crippen LogP contribution in [0.5, 0.6) is 0 Å². The Labute approximate surface area is 121 Å². The third-order valence-electron chi connectivity index (χ3n) is 5.55. The Kier molecular flexibility index (Phi) is 6.28. The quantitative estimate of drug-likeness (QED) is 0.698. The molecule has 2 aliphatic rings. The average Bonchev–Trinajstić information content (AvgIpc) is 2.47. The topological polar surface area (TPSA) is 6.48 Å². The summed E-state index contributed by atoms with van der Waals surface area (Å²) in [6.45, 7) is 14.1. The minimum atomic E-state index is 0.846. The zero-order chi connectivity index (χ0) is 13.7. The Hall–Kier alpha value is 0.0499. The predicted molar refractivity (Wildman–Crippen MR) is 88.3 cm³/mol. The number of hydrogen-bond acceptors (Lipinski definition) is 2. The van der Waals surface area contributed by atoms with Crippen molar-refractivity contribution in [3.8, 4) is 0 Å². The van der Waals surface area contributed by atoms with Gasteiger partial charge in [-0.1, -0.05) is 52.6 Å². The van der Waals surface area contributed by atoms with Crippen molar-refractivity contribution in [3.63, 3.8) is 0 Å². The zero-order valence-electron chi connectivity index (χ0n) is 13.4. The molecule has 0 aromatic heterocycles. The van der Waals surface area contributed by atoms with E-state index < -0.39 is 0 Å². The molecule has 2 fully saturated rings. The predicted octanol–water partition coefficient (Wildman–Crippen LogP) is 3.59. The summed E-state index contributed by atoms with van der Waals surface area (Å²) in [5.41, 5.74) is 0. The molecule has 1 atom stereocenters. The van der Waals surface area contributed by atoms with Crippen molar-refractivity contribution in [2.45, 2.75) is 71.2 Å². The lowest BCUT2D eigenvalue weighted by Gasteiger charge is -2.43. The van der Waals surface area contributed by atoms with Crippen molar-refractivity contribution in [3.05, 3.63) is 0 Å². The first kappa shape index (κ1) is 15.4. The summed E-state index contributed by atoms with van der Waals surface area (Å²) in [7, 11) is 0. The van der Waals surface area contributed by atoms with Gasteiger partial charge >= 0.3 is 0 Å². The fourth-order valence-corrected chi connectivity index (χ4v) is 4.47. The summed E-state index contributed by atoms with van der Waals surface area (Å²) in [4.78, 5) is 5.56. The third kappa shape index (κ3) is 3.78. The van der Waals surface area contributed by atoms with E-state index in [0.29, 0.717) is 0 Å². The van der Waals surface area contributed by atoms with Crippen molar-refractivity contribution in [2.75, 3.05) is 26.2 Å². The molecule has 0 saturated carbocycles. The molecule has 1 unspecified atom stereocenters. The zero-order valence-corrected chi connectivity index (χ0v) is 13.4. The minimum absolute atomic E-state index is 0.846. The van der Waals surface area contributed by atoms with E-state index in [2.05, 4.69) is 30.4 Å². The van der Waals surface area contributed by atoms with E-state index in [-0.39, 0.29) is 0 Å². The van der Waals surface area contributed by atoms with E-state index in [1.54, 1.807) is 0 Å². The largest absolute Gasteiger partial charge is 0.342 e. The number of rotatable bonds is 5. The molecule has 0 aromatic rings. The van der Waals surface area contributed by atoms with Crippen LogP contribution in [0.3, 0.4) is 0 Å². The first-order valence-corrected chi connectivity index (χ1v) is 8.78. The van der Waals surface area contributed by atoms with Crippen molar-refractivity contribution in [1.29, 1.82) is 0 Å². The molecule has 2 heterocycles. The van der Waals surface area contributed by atoms with Crippen molar-refractivity contribution < 1.29 is 0 Å². The average molecular weight is 262 g/mol. The van der Waals surface area contributed by atoms with E-state index in [9.17, 15) is 0 Å². The summed E-state index contributed by atoms with van der Waals surface area (Å²) in [6.07, 6.45) is 9.89. The Balaban J connectivity index is 1.95. The molecule has 2 aliphatic heterocycles. The van der Waals surface area contributed by atoms with Crippen LogP contribution in [0.15, 0.2) is 0 Å². The van der Waals surface area contributed by atoms with Crippen molar-refractivity contribution in [1.82, 2.24) is 9.62 Å². The highest BCUT2D eigenvalue weighted by Crippen LogP contribution is 2.31. The molecule has 0 N–H and O–H groups in total. The van der Waals surface area contributed by atoms with Crippen LogP contribution < -0.4 is 0 Å². The summed E-state index contributed by atoms with van der Waals surface area (Å²) >= 11 is 0. The molecular weight excluding hydrogens is 230 g/mol. The normalized spacial score (nSPS) is 27.0. The second-order valence-corrected chi connectivity index (χ2v) is 6.56. The van der Waals surface area contributed by atoms with Crippen LogP contribution in [0, 0.1) is 0 Å². The van der Waals surface area contributed by atoms with Gasteiger partial charge in [0, 0.05) is 0 Å². The number of nitrogens with zero attached hydrogens (tertiary/aromatic N) is 2. The van der Waals surface area contributed by atoms with Gasteiger partial charge in [0.15, 0.2) is 0 Å². The van der Waals surface area contributed by atoms with Crippen LogP contribution in [0.25, 0.3) is 0 Å². The molecular formula is C15H32B2N2. The standard InChI is InChI=1S/C15H32B2N2/c1-4-16-11-7-8-12-19(16)14-15-10-9-13-18(6-3)17(15)5-2/h15H,4-14H2,1-3H3. The van der Waals surface area contributed by atoms with Gasteiger partial charge in [-0.25, -0.2) is 0 Å². The third-order valence-corrected chi connectivity index (χ3v) is 5.55. The van der Waals surface area contributed by atoms with Crippen LogP contribution >= 0.6 is 0 Å². The van der Waals surface area contributed by atoms with Gasteiger partial charge < -0.3 is 9.62 Å². The lowest BCUT2D eigenvalue weighted by atomic mass is 9.43. The van der Waals surface area contributed by atoms with Gasteiger partial charge in [-0.05, 0) is 44.8 Å². The summed E-state index contributed by atoms with van der Waals surface area (Å²) < 4.78 is 0. The highest BCUT2D eigenvalue weighted by Gasteiger charge is 2.35. The summed E-state index contributed by atoms with van der Waals surface area (Å²) in [5, 5.41) is 0. The fourth-order valence-electron chi connectivity index (χ4n) is 4.47. The van der Waals surface area contributed by atoms with Crippen LogP contribution in [-0.4, -0.2) is 49.5 Å². The van der Waals surface area contributed by atoms with Gasteiger partial charge in [0.25, 0.3) is 0 Å². The summed E-state index contributed by atoms with van der Waals surface area (Å²) in [5.74, 6) is 0.922. The van der Waals surface area contributed by atoms with Gasteiger partial charge in [0.2, 0.25) is 13.7 Å². The second kappa shape index (κ2) is 7.73. The molecule has 0 spiro atoms. The number of hydrogen-bond donors (Lipinski definition) is 0. The molecule has 2 saturated heterocycles. The van der Waals surface area contributed by atoms with E-state index in [0.717, 1.165) is 19.5 Å². The van der Waals surface area contributed by atoms with Crippen LogP contribution in [0.1, 0.15) is 46.5 Å². The molecule has 0 amide bonds. The molecule has 2 nitrogen and oxygen atoms in total. The van der Waals surface area contributed by atoms with Crippen molar-refractivity contribution >= 4 is 13.7 Å². The highest BCUT2D eigenvalue weighted by molar-refractivity contribution is 6.58. The maximum atomic E-state index is 2.83. The Morgan fingerprint density at radius 1 is 0.947 bits per heavy atom. The van der Waals surface area contributed by atoms with E-state index >= 15 is 0 Å². The first-order chi connectivity index (χ1) is 9.30. The maximum absolute atomic E-state index is 2.83. The molecule has 0 bridgehead atoms. The molecule has 4 heteroatoms. The SMILES string of the molecule is CCB1CCCCN1CC1CCCN(CC)B1CC. The van der Waals surface area contributed by atoms with Crippen LogP contribution in [0.4, 0.5) is 0 Å². The van der Waals surface area contributed by atoms with E-state index in [1.165, 1.54) is 70.8 Å². The highest BCUT2D eigenvalue weighted by atomic mass is 15.1. The van der Waals surface area contributed by atoms with Gasteiger partial charge in [0.1, 0.15) is 0 Å². The van der Waals surface area contributed by atoms with Gasteiger partial charge in [-0.15, -0.1) is 0 Å². The minimum Gasteiger partial charge on any atom is -0.342 e. The Morgan fingerprint density at radius 3 is 2.42 bits per heavy atom. The first-order valence-electron chi connectivity index (χ1n) is 8.78. The molecule has 0 aromatic carbocycles. The van der Waals surface area contributed by atoms with E-state index in [1.807, 2.05) is 0 Å². The van der Waals surface area contributed by atoms with Crippen LogP contribution in [0.2, 0.25) is 24.8 Å². The molecule has 108 valence electrons. The van der Waals surface area contributed by atoms with Gasteiger partial charge in [-0.3, -0.25) is 0 Å². The molecule has 2 rings (SSSR count). The monoisotopic (exact) mass is 262 g/mol.